The normalized spacial score (nSPS) is 33.4. The van der Waals surface area contributed by atoms with Gasteiger partial charge in [-0.05, 0) is 55.8 Å². The molecule has 0 saturated carbocycles. The van der Waals surface area contributed by atoms with Crippen LogP contribution in [0.1, 0.15) is 30.7 Å². The molecule has 4 aliphatic heterocycles. The van der Waals surface area contributed by atoms with Crippen LogP contribution >= 0.6 is 11.8 Å². The van der Waals surface area contributed by atoms with E-state index in [2.05, 4.69) is 34.3 Å². The maximum atomic E-state index is 12.9. The lowest BCUT2D eigenvalue weighted by Crippen LogP contribution is -2.60. The molecular weight excluding hydrogens is 332 g/mol. The van der Waals surface area contributed by atoms with E-state index < -0.39 is 0 Å². The Bertz CT molecular complexity index is 630. The first-order valence-electron chi connectivity index (χ1n) is 9.39. The van der Waals surface area contributed by atoms with Crippen molar-refractivity contribution in [3.63, 3.8) is 0 Å². The first-order valence-corrected chi connectivity index (χ1v) is 10.8. The van der Waals surface area contributed by atoms with Crippen molar-refractivity contribution < 1.29 is 9.53 Å². The number of nitrogens with zero attached hydrogens (tertiary/aromatic N) is 2. The van der Waals surface area contributed by atoms with Crippen molar-refractivity contribution in [1.82, 2.24) is 9.80 Å². The van der Waals surface area contributed by atoms with Crippen LogP contribution in [0.15, 0.2) is 24.3 Å². The van der Waals surface area contributed by atoms with Crippen molar-refractivity contribution in [2.75, 3.05) is 38.8 Å². The van der Waals surface area contributed by atoms with Gasteiger partial charge in [-0.25, -0.2) is 0 Å². The Morgan fingerprint density at radius 2 is 2.08 bits per heavy atom. The van der Waals surface area contributed by atoms with Crippen LogP contribution in [0.4, 0.5) is 0 Å². The summed E-state index contributed by atoms with van der Waals surface area (Å²) < 4.78 is 5.44. The lowest BCUT2D eigenvalue weighted by molar-refractivity contribution is -0.135. The van der Waals surface area contributed by atoms with E-state index in [1.54, 1.807) is 18.9 Å². The highest BCUT2D eigenvalue weighted by Crippen LogP contribution is 2.47. The van der Waals surface area contributed by atoms with Gasteiger partial charge in [-0.2, -0.15) is 11.8 Å². The molecule has 4 heterocycles. The zero-order valence-electron chi connectivity index (χ0n) is 15.2. The van der Waals surface area contributed by atoms with Gasteiger partial charge in [-0.15, -0.1) is 0 Å². The fraction of sp³-hybridized carbons (Fsp3) is 0.650. The van der Waals surface area contributed by atoms with E-state index in [4.69, 9.17) is 4.74 Å². The Morgan fingerprint density at radius 1 is 1.28 bits per heavy atom. The van der Waals surface area contributed by atoms with Crippen molar-refractivity contribution in [1.29, 1.82) is 0 Å². The summed E-state index contributed by atoms with van der Waals surface area (Å²) in [7, 11) is 1.72. The summed E-state index contributed by atoms with van der Waals surface area (Å²) in [4.78, 5) is 17.8. The number of ether oxygens (including phenoxy) is 1. The number of likely N-dealkylation sites (tertiary alicyclic amines) is 1. The van der Waals surface area contributed by atoms with Gasteiger partial charge in [0.1, 0.15) is 5.75 Å². The maximum Gasteiger partial charge on any atom is 0.223 e. The molecule has 1 aromatic rings. The van der Waals surface area contributed by atoms with E-state index in [9.17, 15) is 4.79 Å². The molecule has 25 heavy (non-hydrogen) atoms. The van der Waals surface area contributed by atoms with Crippen LogP contribution in [0.25, 0.3) is 0 Å². The van der Waals surface area contributed by atoms with Crippen LogP contribution in [-0.2, 0) is 4.79 Å². The molecule has 4 fully saturated rings. The third-order valence-electron chi connectivity index (χ3n) is 6.36. The lowest BCUT2D eigenvalue weighted by atomic mass is 9.75. The predicted molar refractivity (Wildman–Crippen MR) is 102 cm³/mol. The molecule has 2 bridgehead atoms. The fourth-order valence-corrected chi connectivity index (χ4v) is 5.58. The largest absolute Gasteiger partial charge is 0.497 e. The van der Waals surface area contributed by atoms with E-state index >= 15 is 0 Å². The Kier molecular flexibility index (Phi) is 4.96. The summed E-state index contributed by atoms with van der Waals surface area (Å²) >= 11 is 1.76. The van der Waals surface area contributed by atoms with Crippen molar-refractivity contribution in [3.05, 3.63) is 29.8 Å². The van der Waals surface area contributed by atoms with Crippen LogP contribution in [0.5, 0.6) is 5.75 Å². The Morgan fingerprint density at radius 3 is 2.80 bits per heavy atom. The molecule has 136 valence electrons. The SMILES string of the molecule is COc1cccc([C@@H]2CN(C(=O)CCSC)[C@H]3C4CCN(CC4)[C@@H]23)c1. The van der Waals surface area contributed by atoms with E-state index in [0.29, 0.717) is 36.2 Å². The van der Waals surface area contributed by atoms with Gasteiger partial charge < -0.3 is 9.64 Å². The van der Waals surface area contributed by atoms with E-state index in [0.717, 1.165) is 18.0 Å². The first-order chi connectivity index (χ1) is 12.2. The first kappa shape index (κ1) is 17.2. The summed E-state index contributed by atoms with van der Waals surface area (Å²) in [6, 6.07) is 9.36. The highest BCUT2D eigenvalue weighted by atomic mass is 32.2. The number of piperidine rings is 3. The number of amides is 1. The topological polar surface area (TPSA) is 32.8 Å². The number of rotatable bonds is 5. The Labute approximate surface area is 154 Å². The number of hydrogen-bond donors (Lipinski definition) is 0. The molecule has 3 atom stereocenters. The number of methoxy groups -OCH3 is 1. The third kappa shape index (κ3) is 3.06. The summed E-state index contributed by atoms with van der Waals surface area (Å²) in [6.07, 6.45) is 5.24. The number of benzene rings is 1. The average Bonchev–Trinajstić information content (AvgIpc) is 3.10. The summed E-state index contributed by atoms with van der Waals surface area (Å²) in [6.45, 7) is 3.25. The summed E-state index contributed by atoms with van der Waals surface area (Å²) in [5.41, 5.74) is 1.32. The van der Waals surface area contributed by atoms with E-state index in [1.165, 1.54) is 31.5 Å². The van der Waals surface area contributed by atoms with Crippen molar-refractivity contribution in [3.8, 4) is 5.75 Å². The molecule has 4 aliphatic rings. The molecule has 0 aliphatic carbocycles. The van der Waals surface area contributed by atoms with Crippen LogP contribution in [0, 0.1) is 5.92 Å². The predicted octanol–water partition coefficient (Wildman–Crippen LogP) is 2.84. The number of fused-ring (bicyclic) bond motifs is 2. The highest BCUT2D eigenvalue weighted by Gasteiger charge is 2.54. The van der Waals surface area contributed by atoms with Crippen LogP contribution in [0.3, 0.4) is 0 Å². The molecule has 0 N–H and O–H groups in total. The smallest absolute Gasteiger partial charge is 0.223 e. The highest BCUT2D eigenvalue weighted by molar-refractivity contribution is 7.98. The standard InChI is InChI=1S/C20H28N2O2S/c1-24-16-5-3-4-15(12-16)17-13-22(18(23)8-11-25-2)19-14-6-9-21(10-7-14)20(17)19/h3-5,12,14,17,19-20H,6-11,13H2,1-2H3/t17-,19-,20-/m0/s1. The molecule has 5 heteroatoms. The van der Waals surface area contributed by atoms with Crippen molar-refractivity contribution in [2.45, 2.75) is 37.3 Å². The molecule has 0 aromatic heterocycles. The second kappa shape index (κ2) is 7.20. The lowest BCUT2D eigenvalue weighted by Gasteiger charge is -2.51. The van der Waals surface area contributed by atoms with Gasteiger partial charge in [0.2, 0.25) is 5.91 Å². The minimum absolute atomic E-state index is 0.350. The second-order valence-corrected chi connectivity index (χ2v) is 8.51. The fourth-order valence-electron chi connectivity index (χ4n) is 5.20. The molecule has 0 unspecified atom stereocenters. The number of carbonyl (C=O) groups excluding carboxylic acids is 1. The number of carbonyl (C=O) groups is 1. The number of hydrogen-bond acceptors (Lipinski definition) is 4. The molecular formula is C20H28N2O2S. The molecule has 4 saturated heterocycles. The van der Waals surface area contributed by atoms with Crippen molar-refractivity contribution in [2.24, 2.45) is 5.92 Å². The Balaban J connectivity index is 1.64. The van der Waals surface area contributed by atoms with Gasteiger partial charge in [-0.1, -0.05) is 12.1 Å². The van der Waals surface area contributed by atoms with E-state index in [1.807, 2.05) is 6.07 Å². The summed E-state index contributed by atoms with van der Waals surface area (Å²) in [5.74, 6) is 3.27. The molecule has 0 radical (unpaired) electrons. The summed E-state index contributed by atoms with van der Waals surface area (Å²) in [5, 5.41) is 0. The minimum atomic E-state index is 0.350. The molecule has 0 spiro atoms. The number of thioether (sulfide) groups is 1. The van der Waals surface area contributed by atoms with Gasteiger partial charge in [0.25, 0.3) is 0 Å². The molecule has 1 aromatic carbocycles. The minimum Gasteiger partial charge on any atom is -0.497 e. The zero-order chi connectivity index (χ0) is 17.4. The molecule has 5 rings (SSSR count). The van der Waals surface area contributed by atoms with Gasteiger partial charge in [0.05, 0.1) is 13.2 Å². The van der Waals surface area contributed by atoms with Crippen LogP contribution in [-0.4, -0.2) is 66.5 Å². The second-order valence-electron chi connectivity index (χ2n) is 7.53. The van der Waals surface area contributed by atoms with Crippen LogP contribution in [0.2, 0.25) is 0 Å². The zero-order valence-corrected chi connectivity index (χ0v) is 16.0. The van der Waals surface area contributed by atoms with Gasteiger partial charge in [0, 0.05) is 30.7 Å². The molecule has 4 nitrogen and oxygen atoms in total. The van der Waals surface area contributed by atoms with Gasteiger partial charge in [-0.3, -0.25) is 9.69 Å². The van der Waals surface area contributed by atoms with Crippen LogP contribution < -0.4 is 4.74 Å². The van der Waals surface area contributed by atoms with E-state index in [-0.39, 0.29) is 0 Å². The van der Waals surface area contributed by atoms with Gasteiger partial charge in [0.15, 0.2) is 0 Å². The Hall–Kier alpha value is -1.20. The monoisotopic (exact) mass is 360 g/mol. The molecule has 1 amide bonds. The quantitative estimate of drug-likeness (QED) is 0.808. The van der Waals surface area contributed by atoms with Crippen molar-refractivity contribution >= 4 is 17.7 Å². The maximum absolute atomic E-state index is 12.9. The average molecular weight is 361 g/mol. The third-order valence-corrected chi connectivity index (χ3v) is 6.97. The van der Waals surface area contributed by atoms with Gasteiger partial charge >= 0.3 is 0 Å².